The van der Waals surface area contributed by atoms with E-state index < -0.39 is 0 Å². The summed E-state index contributed by atoms with van der Waals surface area (Å²) in [5, 5.41) is 26.0. The minimum atomic E-state index is 0.456. The normalized spacial score (nSPS) is 11.6. The lowest BCUT2D eigenvalue weighted by atomic mass is 10.1. The predicted molar refractivity (Wildman–Crippen MR) is 200 cm³/mol. The average Bonchev–Trinajstić information content (AvgIpc) is 3.91. The third-order valence-electron chi connectivity index (χ3n) is 6.30. The van der Waals surface area contributed by atoms with Crippen molar-refractivity contribution in [1.82, 2.24) is 35.7 Å². The summed E-state index contributed by atoms with van der Waals surface area (Å²) in [4.78, 5) is 8.38. The molecule has 0 saturated carbocycles. The van der Waals surface area contributed by atoms with Gasteiger partial charge in [-0.15, -0.1) is 32.9 Å². The van der Waals surface area contributed by atoms with Crippen LogP contribution in [0.1, 0.15) is 140 Å². The topological polar surface area (TPSA) is 132 Å². The fraction of sp³-hybridized carbons (Fsp3) is 0.528. The van der Waals surface area contributed by atoms with Gasteiger partial charge >= 0.3 is 0 Å². The van der Waals surface area contributed by atoms with Crippen LogP contribution in [0.3, 0.4) is 0 Å². The quantitative estimate of drug-likeness (QED) is 0.185. The summed E-state index contributed by atoms with van der Waals surface area (Å²) in [5.41, 5.74) is 5.22. The lowest BCUT2D eigenvalue weighted by Crippen LogP contribution is -2.00. The summed E-state index contributed by atoms with van der Waals surface area (Å²) in [6.07, 6.45) is 11.1. The second kappa shape index (κ2) is 24.4. The van der Waals surface area contributed by atoms with E-state index in [1.165, 1.54) is 16.4 Å². The standard InChI is InChI=1S/C7H11N.C6H10N2.2C6H9NO.C6H9NS.C5H8N2S/c1-6(2)7-4-3-5-8-7;1-5(2)6-3-4-7-8-6;1-5(2)6-3-4-8-7-6;1-5(2)6-3-4-7-8-6;1-5(2)6-7-3-4-8-6;1-4(2)5-7-6-3-8-5/h3-4,6H,5H2,1-2H3;3-5H,1-2H3,(H,7,8);3*3-5H,1-2H3;3-4H,1-2H3. The highest BCUT2D eigenvalue weighted by Gasteiger charge is 2.03. The van der Waals surface area contributed by atoms with Gasteiger partial charge in [-0.2, -0.15) is 5.10 Å². The van der Waals surface area contributed by atoms with Crippen molar-refractivity contribution in [3.05, 3.63) is 93.3 Å². The van der Waals surface area contributed by atoms with E-state index in [0.717, 1.165) is 23.0 Å². The second-order valence-corrected chi connectivity index (χ2v) is 14.4. The number of rotatable bonds is 6. The number of aromatic amines is 1. The van der Waals surface area contributed by atoms with Crippen LogP contribution in [0, 0.1) is 5.92 Å². The maximum Gasteiger partial charge on any atom is 0.139 e. The molecule has 10 nitrogen and oxygen atoms in total. The van der Waals surface area contributed by atoms with Gasteiger partial charge in [0, 0.05) is 59.1 Å². The van der Waals surface area contributed by atoms with Gasteiger partial charge in [-0.1, -0.05) is 99.5 Å². The first kappa shape index (κ1) is 42.3. The first-order valence-electron chi connectivity index (χ1n) is 16.5. The zero-order chi connectivity index (χ0) is 35.9. The molecule has 264 valence electrons. The molecule has 5 aromatic heterocycles. The van der Waals surface area contributed by atoms with Crippen molar-refractivity contribution in [2.24, 2.45) is 10.9 Å². The number of aromatic nitrogens is 7. The number of thiazole rings is 1. The smallest absolute Gasteiger partial charge is 0.139 e. The van der Waals surface area contributed by atoms with Crippen molar-refractivity contribution in [3.63, 3.8) is 0 Å². The highest BCUT2D eigenvalue weighted by atomic mass is 32.1. The van der Waals surface area contributed by atoms with Gasteiger partial charge in [0.1, 0.15) is 22.5 Å². The molecule has 0 fully saturated rings. The molecule has 0 aromatic carbocycles. The minimum absolute atomic E-state index is 0.456. The van der Waals surface area contributed by atoms with Gasteiger partial charge in [-0.25, -0.2) is 4.98 Å². The second-order valence-electron chi connectivity index (χ2n) is 12.6. The van der Waals surface area contributed by atoms with Crippen LogP contribution < -0.4 is 0 Å². The van der Waals surface area contributed by atoms with Gasteiger partial charge in [0.2, 0.25) is 0 Å². The van der Waals surface area contributed by atoms with Crippen molar-refractivity contribution in [2.75, 3.05) is 6.54 Å². The number of aliphatic imine (C=N–C) groups is 1. The van der Waals surface area contributed by atoms with Gasteiger partial charge < -0.3 is 9.05 Å². The van der Waals surface area contributed by atoms with Crippen LogP contribution in [0.5, 0.6) is 0 Å². The molecule has 0 atom stereocenters. The lowest BCUT2D eigenvalue weighted by Gasteiger charge is -1.98. The van der Waals surface area contributed by atoms with Crippen molar-refractivity contribution in [1.29, 1.82) is 0 Å². The maximum atomic E-state index is 4.84. The number of nitrogens with zero attached hydrogens (tertiary/aromatic N) is 7. The fourth-order valence-electron chi connectivity index (χ4n) is 3.34. The SMILES string of the molecule is CC(C)C1=NCC=C1.CC(C)c1ccn[nH]1.CC(C)c1ccno1.CC(C)c1ccon1.CC(C)c1nccs1.CC(C)c1nncs1. The molecule has 6 rings (SSSR count). The van der Waals surface area contributed by atoms with E-state index in [-0.39, 0.29) is 0 Å². The third kappa shape index (κ3) is 18.5. The average molecular weight is 697 g/mol. The largest absolute Gasteiger partial charge is 0.365 e. The molecule has 1 aliphatic rings. The monoisotopic (exact) mass is 696 g/mol. The van der Waals surface area contributed by atoms with Gasteiger partial charge in [0.05, 0.1) is 23.4 Å². The molecule has 0 saturated heterocycles. The molecule has 12 heteroatoms. The van der Waals surface area contributed by atoms with Crippen LogP contribution in [0.15, 0.2) is 80.1 Å². The Labute approximate surface area is 295 Å². The van der Waals surface area contributed by atoms with Crippen LogP contribution in [0.25, 0.3) is 0 Å². The van der Waals surface area contributed by atoms with E-state index in [4.69, 9.17) is 4.52 Å². The molecule has 0 aliphatic carbocycles. The molecule has 5 aromatic rings. The molecular formula is C36H56N8O2S2. The maximum absolute atomic E-state index is 4.84. The van der Waals surface area contributed by atoms with E-state index in [0.29, 0.717) is 35.5 Å². The molecule has 1 aliphatic heterocycles. The molecule has 0 spiro atoms. The Kier molecular flexibility index (Phi) is 21.5. The number of nitrogens with one attached hydrogen (secondary N) is 1. The van der Waals surface area contributed by atoms with Gasteiger partial charge in [0.15, 0.2) is 0 Å². The highest BCUT2D eigenvalue weighted by molar-refractivity contribution is 7.09. The zero-order valence-electron chi connectivity index (χ0n) is 30.8. The Hall–Kier alpha value is -3.77. The Morgan fingerprint density at radius 2 is 1.46 bits per heavy atom. The Balaban J connectivity index is 0.000000288. The van der Waals surface area contributed by atoms with Gasteiger partial charge in [0.25, 0.3) is 0 Å². The van der Waals surface area contributed by atoms with Gasteiger partial charge in [-0.3, -0.25) is 10.1 Å². The Bertz CT molecular complexity index is 1220. The predicted octanol–water partition coefficient (Wildman–Crippen LogP) is 10.7. The summed E-state index contributed by atoms with van der Waals surface area (Å²) >= 11 is 3.33. The number of allylic oxidation sites excluding steroid dienone is 1. The van der Waals surface area contributed by atoms with Crippen LogP contribution >= 0.6 is 22.7 Å². The minimum Gasteiger partial charge on any atom is -0.365 e. The molecule has 0 unspecified atom stereocenters. The molecule has 0 radical (unpaired) electrons. The first-order chi connectivity index (χ1) is 22.8. The van der Waals surface area contributed by atoms with E-state index in [1.54, 1.807) is 46.8 Å². The number of hydrogen-bond donors (Lipinski definition) is 1. The highest BCUT2D eigenvalue weighted by Crippen LogP contribution is 2.16. The van der Waals surface area contributed by atoms with E-state index in [2.05, 4.69) is 140 Å². The van der Waals surface area contributed by atoms with Crippen LogP contribution in [-0.4, -0.2) is 47.9 Å². The zero-order valence-corrected chi connectivity index (χ0v) is 32.4. The lowest BCUT2D eigenvalue weighted by molar-refractivity contribution is 0.371. The van der Waals surface area contributed by atoms with Crippen molar-refractivity contribution in [3.8, 4) is 0 Å². The van der Waals surface area contributed by atoms with Crippen molar-refractivity contribution >= 4 is 28.4 Å². The summed E-state index contributed by atoms with van der Waals surface area (Å²) in [7, 11) is 0. The van der Waals surface area contributed by atoms with Crippen LogP contribution in [0.4, 0.5) is 0 Å². The van der Waals surface area contributed by atoms with E-state index in [9.17, 15) is 0 Å². The van der Waals surface area contributed by atoms with E-state index >= 15 is 0 Å². The molecule has 0 amide bonds. The third-order valence-corrected chi connectivity index (χ3v) is 8.37. The number of H-pyrrole nitrogens is 1. The Morgan fingerprint density at radius 3 is 1.71 bits per heavy atom. The van der Waals surface area contributed by atoms with E-state index in [1.807, 2.05) is 29.8 Å². The molecule has 0 bridgehead atoms. The summed E-state index contributed by atoms with van der Waals surface area (Å²) in [6.45, 7) is 26.3. The molecule has 1 N–H and O–H groups in total. The summed E-state index contributed by atoms with van der Waals surface area (Å²) in [6, 6.07) is 5.75. The van der Waals surface area contributed by atoms with Crippen LogP contribution in [-0.2, 0) is 0 Å². The van der Waals surface area contributed by atoms with Gasteiger partial charge in [-0.05, 0) is 29.9 Å². The Morgan fingerprint density at radius 1 is 0.729 bits per heavy atom. The number of hydrogen-bond acceptors (Lipinski definition) is 11. The van der Waals surface area contributed by atoms with Crippen molar-refractivity contribution < 1.29 is 9.05 Å². The van der Waals surface area contributed by atoms with Crippen LogP contribution in [0.2, 0.25) is 0 Å². The summed E-state index contributed by atoms with van der Waals surface area (Å²) in [5.74, 6) is 4.18. The molecular weight excluding hydrogens is 641 g/mol. The van der Waals surface area contributed by atoms with Crippen molar-refractivity contribution in [2.45, 2.75) is 113 Å². The molecule has 6 heterocycles. The molecule has 48 heavy (non-hydrogen) atoms. The summed E-state index contributed by atoms with van der Waals surface area (Å²) < 4.78 is 9.47. The first-order valence-corrected chi connectivity index (χ1v) is 18.3. The fourth-order valence-corrected chi connectivity index (χ4v) is 4.57.